The van der Waals surface area contributed by atoms with E-state index in [1.54, 1.807) is 7.11 Å². The Balaban J connectivity index is 1.95. The summed E-state index contributed by atoms with van der Waals surface area (Å²) in [6.07, 6.45) is 0.489. The van der Waals surface area contributed by atoms with Crippen LogP contribution in [0, 0.1) is 0 Å². The topological polar surface area (TPSA) is 68.8 Å². The van der Waals surface area contributed by atoms with Gasteiger partial charge in [-0.2, -0.15) is 0 Å². The summed E-state index contributed by atoms with van der Waals surface area (Å²) in [7, 11) is 1.62. The number of carbonyl (C=O) groups excluding carboxylic acids is 1. The molecule has 1 fully saturated rings. The van der Waals surface area contributed by atoms with E-state index in [9.17, 15) is 4.79 Å². The molecule has 24 heavy (non-hydrogen) atoms. The fraction of sp³-hybridized carbons (Fsp3) is 0.611. The molecule has 1 saturated heterocycles. The van der Waals surface area contributed by atoms with Crippen LogP contribution in [0.4, 0.5) is 0 Å². The van der Waals surface area contributed by atoms with Crippen molar-refractivity contribution in [3.05, 3.63) is 23.8 Å². The number of amides is 1. The zero-order valence-electron chi connectivity index (χ0n) is 14.9. The number of benzene rings is 1. The Labute approximate surface area is 143 Å². The fourth-order valence-corrected chi connectivity index (χ4v) is 2.66. The number of ether oxygens (including phenoxy) is 3. The molecule has 1 aliphatic rings. The molecule has 1 aromatic carbocycles. The first kappa shape index (κ1) is 18.5. The maximum atomic E-state index is 12.2. The number of methoxy groups -OCH3 is 1. The van der Waals surface area contributed by atoms with Crippen molar-refractivity contribution in [2.45, 2.75) is 45.4 Å². The quantitative estimate of drug-likeness (QED) is 0.797. The maximum Gasteiger partial charge on any atom is 0.222 e. The molecule has 2 rings (SSSR count). The largest absolute Gasteiger partial charge is 0.493 e. The molecule has 1 aliphatic heterocycles. The SMILES string of the molecule is COc1cc(C(C)NC(=O)CC2COCCN2)ccc1OC(C)C. The molecular weight excluding hydrogens is 308 g/mol. The van der Waals surface area contributed by atoms with Crippen LogP contribution in [0.1, 0.15) is 38.8 Å². The van der Waals surface area contributed by atoms with Crippen LogP contribution in [-0.4, -0.2) is 44.9 Å². The van der Waals surface area contributed by atoms with Crippen LogP contribution in [0.15, 0.2) is 18.2 Å². The highest BCUT2D eigenvalue weighted by Gasteiger charge is 2.19. The molecule has 2 N–H and O–H groups in total. The highest BCUT2D eigenvalue weighted by molar-refractivity contribution is 5.77. The van der Waals surface area contributed by atoms with Crippen molar-refractivity contribution in [2.24, 2.45) is 0 Å². The number of morpholine rings is 1. The molecule has 0 aromatic heterocycles. The highest BCUT2D eigenvalue weighted by atomic mass is 16.5. The van der Waals surface area contributed by atoms with Crippen LogP contribution in [0.5, 0.6) is 11.5 Å². The van der Waals surface area contributed by atoms with E-state index in [1.807, 2.05) is 39.0 Å². The van der Waals surface area contributed by atoms with Gasteiger partial charge in [-0.1, -0.05) is 6.07 Å². The minimum absolute atomic E-state index is 0.00646. The van der Waals surface area contributed by atoms with Crippen LogP contribution in [0.25, 0.3) is 0 Å². The summed E-state index contributed by atoms with van der Waals surface area (Å²) in [6.45, 7) is 7.98. The zero-order valence-corrected chi connectivity index (χ0v) is 14.9. The van der Waals surface area contributed by atoms with E-state index in [2.05, 4.69) is 10.6 Å². The maximum absolute atomic E-state index is 12.2. The number of carbonyl (C=O) groups is 1. The molecule has 0 radical (unpaired) electrons. The average Bonchev–Trinajstić information content (AvgIpc) is 2.55. The molecule has 2 atom stereocenters. The van der Waals surface area contributed by atoms with E-state index in [1.165, 1.54) is 0 Å². The molecule has 0 bridgehead atoms. The van der Waals surface area contributed by atoms with Crippen LogP contribution < -0.4 is 20.1 Å². The van der Waals surface area contributed by atoms with E-state index in [0.29, 0.717) is 31.1 Å². The van der Waals surface area contributed by atoms with E-state index >= 15 is 0 Å². The first-order valence-corrected chi connectivity index (χ1v) is 8.44. The molecule has 134 valence electrons. The van der Waals surface area contributed by atoms with Gasteiger partial charge >= 0.3 is 0 Å². The van der Waals surface area contributed by atoms with Crippen LogP contribution >= 0.6 is 0 Å². The van der Waals surface area contributed by atoms with Gasteiger partial charge in [-0.15, -0.1) is 0 Å². The Hall–Kier alpha value is -1.79. The number of nitrogens with one attached hydrogen (secondary N) is 2. The minimum atomic E-state index is -0.107. The van der Waals surface area contributed by atoms with E-state index in [4.69, 9.17) is 14.2 Å². The predicted octanol–water partition coefficient (Wildman–Crippen LogP) is 2.04. The third-order valence-corrected chi connectivity index (χ3v) is 3.86. The average molecular weight is 336 g/mol. The first-order valence-electron chi connectivity index (χ1n) is 8.44. The molecule has 0 saturated carbocycles. The van der Waals surface area contributed by atoms with Crippen LogP contribution in [0.2, 0.25) is 0 Å². The lowest BCUT2D eigenvalue weighted by Crippen LogP contribution is -2.44. The van der Waals surface area contributed by atoms with Crippen molar-refractivity contribution < 1.29 is 19.0 Å². The van der Waals surface area contributed by atoms with Gasteiger partial charge in [0.25, 0.3) is 0 Å². The van der Waals surface area contributed by atoms with Gasteiger partial charge in [0.1, 0.15) is 0 Å². The summed E-state index contributed by atoms with van der Waals surface area (Å²) in [6, 6.07) is 5.72. The van der Waals surface area contributed by atoms with Crippen molar-refractivity contribution in [3.63, 3.8) is 0 Å². The molecule has 6 heteroatoms. The van der Waals surface area contributed by atoms with Crippen molar-refractivity contribution in [1.29, 1.82) is 0 Å². The molecule has 0 spiro atoms. The van der Waals surface area contributed by atoms with Crippen molar-refractivity contribution in [2.75, 3.05) is 26.9 Å². The predicted molar refractivity (Wildman–Crippen MR) is 92.5 cm³/mol. The smallest absolute Gasteiger partial charge is 0.222 e. The zero-order chi connectivity index (χ0) is 17.5. The fourth-order valence-electron chi connectivity index (χ4n) is 2.66. The van der Waals surface area contributed by atoms with Gasteiger partial charge in [0, 0.05) is 19.0 Å². The number of hydrogen-bond donors (Lipinski definition) is 2. The molecule has 1 heterocycles. The lowest BCUT2D eigenvalue weighted by atomic mass is 10.1. The molecule has 1 aromatic rings. The van der Waals surface area contributed by atoms with Gasteiger partial charge in [0.15, 0.2) is 11.5 Å². The van der Waals surface area contributed by atoms with E-state index in [-0.39, 0.29) is 24.1 Å². The normalized spacial score (nSPS) is 19.0. The molecule has 6 nitrogen and oxygen atoms in total. The Morgan fingerprint density at radius 3 is 2.79 bits per heavy atom. The molecule has 0 aliphatic carbocycles. The molecular formula is C18H28N2O4. The lowest BCUT2D eigenvalue weighted by molar-refractivity contribution is -0.122. The Bertz CT molecular complexity index is 542. The van der Waals surface area contributed by atoms with Crippen LogP contribution in [-0.2, 0) is 9.53 Å². The standard InChI is InChI=1S/C18H28N2O4/c1-12(2)24-16-6-5-14(9-17(16)22-4)13(3)20-18(21)10-15-11-23-8-7-19-15/h5-6,9,12-13,15,19H,7-8,10-11H2,1-4H3,(H,20,21). The molecule has 2 unspecified atom stereocenters. The van der Waals surface area contributed by atoms with Gasteiger partial charge in [-0.05, 0) is 38.5 Å². The number of rotatable bonds is 7. The number of hydrogen-bond acceptors (Lipinski definition) is 5. The second-order valence-corrected chi connectivity index (χ2v) is 6.30. The van der Waals surface area contributed by atoms with Gasteiger partial charge in [0.05, 0.1) is 32.5 Å². The monoisotopic (exact) mass is 336 g/mol. The van der Waals surface area contributed by atoms with E-state index < -0.39 is 0 Å². The third kappa shape index (κ3) is 5.39. The summed E-state index contributed by atoms with van der Waals surface area (Å²) in [4.78, 5) is 12.2. The Morgan fingerprint density at radius 1 is 1.38 bits per heavy atom. The van der Waals surface area contributed by atoms with Crippen molar-refractivity contribution in [1.82, 2.24) is 10.6 Å². The Kier molecular flexibility index (Phi) is 6.87. The lowest BCUT2D eigenvalue weighted by Gasteiger charge is -2.24. The van der Waals surface area contributed by atoms with Gasteiger partial charge in [-0.3, -0.25) is 4.79 Å². The van der Waals surface area contributed by atoms with Gasteiger partial charge in [-0.25, -0.2) is 0 Å². The first-order chi connectivity index (χ1) is 11.5. The van der Waals surface area contributed by atoms with Gasteiger partial charge < -0.3 is 24.8 Å². The summed E-state index contributed by atoms with van der Waals surface area (Å²) in [5, 5.41) is 6.31. The summed E-state index contributed by atoms with van der Waals surface area (Å²) < 4.78 is 16.5. The summed E-state index contributed by atoms with van der Waals surface area (Å²) in [5.41, 5.74) is 0.976. The Morgan fingerprint density at radius 2 is 2.17 bits per heavy atom. The van der Waals surface area contributed by atoms with Crippen molar-refractivity contribution in [3.8, 4) is 11.5 Å². The van der Waals surface area contributed by atoms with E-state index in [0.717, 1.165) is 12.1 Å². The van der Waals surface area contributed by atoms with Crippen molar-refractivity contribution >= 4 is 5.91 Å². The molecule has 1 amide bonds. The summed E-state index contributed by atoms with van der Waals surface area (Å²) in [5.74, 6) is 1.38. The van der Waals surface area contributed by atoms with Gasteiger partial charge in [0.2, 0.25) is 5.91 Å². The summed E-state index contributed by atoms with van der Waals surface area (Å²) >= 11 is 0. The minimum Gasteiger partial charge on any atom is -0.493 e. The van der Waals surface area contributed by atoms with Crippen LogP contribution in [0.3, 0.4) is 0 Å². The second kappa shape index (κ2) is 8.89. The third-order valence-electron chi connectivity index (χ3n) is 3.86. The second-order valence-electron chi connectivity index (χ2n) is 6.30. The highest BCUT2D eigenvalue weighted by Crippen LogP contribution is 2.31.